The van der Waals surface area contributed by atoms with Gasteiger partial charge in [-0.1, -0.05) is 26.7 Å². The van der Waals surface area contributed by atoms with Crippen molar-refractivity contribution in [2.75, 3.05) is 0 Å². The first-order valence-corrected chi connectivity index (χ1v) is 3.10. The SMILES string of the molecule is C#C[C@@H](O)CC(C)(C)C. The Morgan fingerprint density at radius 2 is 2.00 bits per heavy atom. The number of hydrogen-bond acceptors (Lipinski definition) is 1. The first-order valence-electron chi connectivity index (χ1n) is 3.10. The average Bonchev–Trinajstić information content (AvgIpc) is 1.62. The number of terminal acetylenes is 1. The van der Waals surface area contributed by atoms with Crippen LogP contribution in [0.3, 0.4) is 0 Å². The van der Waals surface area contributed by atoms with Crippen LogP contribution in [0.5, 0.6) is 0 Å². The summed E-state index contributed by atoms with van der Waals surface area (Å²) in [5.74, 6) is 2.28. The molecule has 0 bridgehead atoms. The molecule has 0 amide bonds. The molecular weight excluding hydrogens is 112 g/mol. The third-order valence-electron chi connectivity index (χ3n) is 0.998. The molecule has 1 nitrogen and oxygen atoms in total. The monoisotopic (exact) mass is 126 g/mol. The zero-order valence-electron chi connectivity index (χ0n) is 6.31. The zero-order chi connectivity index (χ0) is 7.49. The maximum absolute atomic E-state index is 8.96. The van der Waals surface area contributed by atoms with Gasteiger partial charge in [0.05, 0.1) is 0 Å². The van der Waals surface area contributed by atoms with Gasteiger partial charge in [0.15, 0.2) is 0 Å². The molecular formula is C8H14O. The van der Waals surface area contributed by atoms with Gasteiger partial charge in [0.25, 0.3) is 0 Å². The van der Waals surface area contributed by atoms with Gasteiger partial charge >= 0.3 is 0 Å². The number of aliphatic hydroxyl groups is 1. The Morgan fingerprint density at radius 3 is 2.11 bits per heavy atom. The number of hydrogen-bond donors (Lipinski definition) is 1. The first-order chi connectivity index (χ1) is 3.95. The predicted octanol–water partition coefficient (Wildman–Crippen LogP) is 1.42. The summed E-state index contributed by atoms with van der Waals surface area (Å²) in [5.41, 5.74) is 0.131. The standard InChI is InChI=1S/C8H14O/c1-5-7(9)6-8(2,3)4/h1,7,9H,6H2,2-4H3/t7-/m1/s1. The largest absolute Gasteiger partial charge is 0.380 e. The topological polar surface area (TPSA) is 20.2 Å². The molecule has 1 heteroatoms. The molecule has 0 unspecified atom stereocenters. The van der Waals surface area contributed by atoms with Gasteiger partial charge in [0.2, 0.25) is 0 Å². The molecule has 0 fully saturated rings. The van der Waals surface area contributed by atoms with Crippen LogP contribution in [-0.2, 0) is 0 Å². The molecule has 0 aromatic carbocycles. The van der Waals surface area contributed by atoms with E-state index >= 15 is 0 Å². The maximum atomic E-state index is 8.96. The minimum Gasteiger partial charge on any atom is -0.380 e. The summed E-state index contributed by atoms with van der Waals surface area (Å²) >= 11 is 0. The van der Waals surface area contributed by atoms with Gasteiger partial charge < -0.3 is 5.11 Å². The highest BCUT2D eigenvalue weighted by Crippen LogP contribution is 2.19. The summed E-state index contributed by atoms with van der Waals surface area (Å²) in [6.45, 7) is 6.15. The lowest BCUT2D eigenvalue weighted by atomic mass is 9.89. The van der Waals surface area contributed by atoms with Crippen LogP contribution in [-0.4, -0.2) is 11.2 Å². The highest BCUT2D eigenvalue weighted by molar-refractivity contribution is 4.94. The van der Waals surface area contributed by atoms with Gasteiger partial charge in [-0.05, 0) is 11.8 Å². The molecule has 0 aliphatic rings. The van der Waals surface area contributed by atoms with Crippen LogP contribution in [0.15, 0.2) is 0 Å². The normalized spacial score (nSPS) is 14.6. The Morgan fingerprint density at radius 1 is 1.56 bits per heavy atom. The van der Waals surface area contributed by atoms with E-state index in [0.29, 0.717) is 6.42 Å². The van der Waals surface area contributed by atoms with Crippen molar-refractivity contribution in [2.45, 2.75) is 33.3 Å². The number of aliphatic hydroxyl groups excluding tert-OH is 1. The molecule has 0 saturated heterocycles. The van der Waals surface area contributed by atoms with E-state index < -0.39 is 6.10 Å². The van der Waals surface area contributed by atoms with E-state index in [2.05, 4.69) is 5.92 Å². The summed E-state index contributed by atoms with van der Waals surface area (Å²) in [5, 5.41) is 8.96. The minimum absolute atomic E-state index is 0.131. The molecule has 0 radical (unpaired) electrons. The van der Waals surface area contributed by atoms with Crippen molar-refractivity contribution >= 4 is 0 Å². The van der Waals surface area contributed by atoms with Crippen LogP contribution in [0.2, 0.25) is 0 Å². The van der Waals surface area contributed by atoms with Gasteiger partial charge in [-0.3, -0.25) is 0 Å². The van der Waals surface area contributed by atoms with Crippen molar-refractivity contribution in [3.8, 4) is 12.3 Å². The summed E-state index contributed by atoms with van der Waals surface area (Å²) in [4.78, 5) is 0. The lowest BCUT2D eigenvalue weighted by Crippen LogP contribution is -2.15. The highest BCUT2D eigenvalue weighted by atomic mass is 16.3. The minimum atomic E-state index is -0.579. The molecule has 0 spiro atoms. The Bertz CT molecular complexity index is 114. The molecule has 0 heterocycles. The second-order valence-corrected chi connectivity index (χ2v) is 3.45. The van der Waals surface area contributed by atoms with Gasteiger partial charge in [0, 0.05) is 0 Å². The van der Waals surface area contributed by atoms with Crippen LogP contribution in [0.1, 0.15) is 27.2 Å². The van der Waals surface area contributed by atoms with Gasteiger partial charge in [-0.25, -0.2) is 0 Å². The Balaban J connectivity index is 3.63. The first kappa shape index (κ1) is 8.52. The Labute approximate surface area is 57.1 Å². The van der Waals surface area contributed by atoms with E-state index in [0.717, 1.165) is 0 Å². The smallest absolute Gasteiger partial charge is 0.115 e. The second kappa shape index (κ2) is 2.89. The molecule has 0 aromatic rings. The number of rotatable bonds is 1. The van der Waals surface area contributed by atoms with Crippen LogP contribution in [0.25, 0.3) is 0 Å². The molecule has 0 rings (SSSR count). The molecule has 0 aromatic heterocycles. The summed E-state index contributed by atoms with van der Waals surface area (Å²) in [6, 6.07) is 0. The van der Waals surface area contributed by atoms with Crippen molar-refractivity contribution < 1.29 is 5.11 Å². The van der Waals surface area contributed by atoms with Crippen LogP contribution in [0.4, 0.5) is 0 Å². The van der Waals surface area contributed by atoms with Crippen molar-refractivity contribution in [1.29, 1.82) is 0 Å². The summed E-state index contributed by atoms with van der Waals surface area (Å²) in [7, 11) is 0. The fraction of sp³-hybridized carbons (Fsp3) is 0.750. The third kappa shape index (κ3) is 5.39. The molecule has 9 heavy (non-hydrogen) atoms. The van der Waals surface area contributed by atoms with Crippen molar-refractivity contribution in [3.05, 3.63) is 0 Å². The highest BCUT2D eigenvalue weighted by Gasteiger charge is 2.13. The van der Waals surface area contributed by atoms with Crippen LogP contribution < -0.4 is 0 Å². The predicted molar refractivity (Wildman–Crippen MR) is 38.9 cm³/mol. The van der Waals surface area contributed by atoms with Crippen molar-refractivity contribution in [3.63, 3.8) is 0 Å². The lowest BCUT2D eigenvalue weighted by Gasteiger charge is -2.18. The fourth-order valence-corrected chi connectivity index (χ4v) is 0.639. The van der Waals surface area contributed by atoms with E-state index in [9.17, 15) is 0 Å². The Kier molecular flexibility index (Phi) is 2.73. The molecule has 1 N–H and O–H groups in total. The van der Waals surface area contributed by atoms with E-state index in [4.69, 9.17) is 11.5 Å². The maximum Gasteiger partial charge on any atom is 0.115 e. The summed E-state index contributed by atoms with van der Waals surface area (Å²) in [6.07, 6.45) is 5.07. The third-order valence-corrected chi connectivity index (χ3v) is 0.998. The van der Waals surface area contributed by atoms with Gasteiger partial charge in [0.1, 0.15) is 6.10 Å². The van der Waals surface area contributed by atoms with Crippen LogP contribution in [0, 0.1) is 17.8 Å². The average molecular weight is 126 g/mol. The molecule has 1 atom stereocenters. The van der Waals surface area contributed by atoms with E-state index in [1.165, 1.54) is 0 Å². The molecule has 0 aliphatic carbocycles. The van der Waals surface area contributed by atoms with E-state index in [-0.39, 0.29) is 5.41 Å². The Hall–Kier alpha value is -0.480. The van der Waals surface area contributed by atoms with E-state index in [1.807, 2.05) is 20.8 Å². The summed E-state index contributed by atoms with van der Waals surface area (Å²) < 4.78 is 0. The van der Waals surface area contributed by atoms with Crippen LogP contribution >= 0.6 is 0 Å². The lowest BCUT2D eigenvalue weighted by molar-refractivity contribution is 0.170. The van der Waals surface area contributed by atoms with Crippen molar-refractivity contribution in [1.82, 2.24) is 0 Å². The molecule has 0 aliphatic heterocycles. The van der Waals surface area contributed by atoms with Gasteiger partial charge in [-0.15, -0.1) is 6.42 Å². The second-order valence-electron chi connectivity index (χ2n) is 3.45. The van der Waals surface area contributed by atoms with Gasteiger partial charge in [-0.2, -0.15) is 0 Å². The van der Waals surface area contributed by atoms with Crippen molar-refractivity contribution in [2.24, 2.45) is 5.41 Å². The zero-order valence-corrected chi connectivity index (χ0v) is 6.31. The van der Waals surface area contributed by atoms with E-state index in [1.54, 1.807) is 0 Å². The molecule has 0 saturated carbocycles. The quantitative estimate of drug-likeness (QED) is 0.527. The molecule has 52 valence electrons. The fourth-order valence-electron chi connectivity index (χ4n) is 0.639.